The number of hydrogen-bond donors (Lipinski definition) is 0. The van der Waals surface area contributed by atoms with Crippen LogP contribution in [-0.2, 0) is 23.1 Å². The second kappa shape index (κ2) is 4.48. The fourth-order valence-corrected chi connectivity index (χ4v) is 1.59. The molecule has 0 bridgehead atoms. The molecule has 16 heavy (non-hydrogen) atoms. The highest BCUT2D eigenvalue weighted by atomic mass is 16.5. The van der Waals surface area contributed by atoms with E-state index in [0.29, 0.717) is 26.3 Å². The van der Waals surface area contributed by atoms with Crippen LogP contribution in [0.3, 0.4) is 0 Å². The van der Waals surface area contributed by atoms with E-state index >= 15 is 0 Å². The normalized spacial score (nSPS) is 16.4. The first kappa shape index (κ1) is 10.9. The standard InChI is InChI=1S/C9H14N4O3/c1-11-9(15)13(7-10-11)6-8(14)12-2-4-16-5-3-12/h7H,2-6H2,1H3. The highest BCUT2D eigenvalue weighted by molar-refractivity contribution is 5.76. The molecule has 1 aromatic heterocycles. The van der Waals surface area contributed by atoms with Gasteiger partial charge in [0.15, 0.2) is 0 Å². The van der Waals surface area contributed by atoms with Crippen molar-refractivity contribution in [2.75, 3.05) is 26.3 Å². The zero-order valence-corrected chi connectivity index (χ0v) is 9.13. The molecule has 7 nitrogen and oxygen atoms in total. The van der Waals surface area contributed by atoms with Crippen molar-refractivity contribution in [3.8, 4) is 0 Å². The van der Waals surface area contributed by atoms with Crippen molar-refractivity contribution in [2.45, 2.75) is 6.54 Å². The van der Waals surface area contributed by atoms with Gasteiger partial charge in [-0.15, -0.1) is 0 Å². The summed E-state index contributed by atoms with van der Waals surface area (Å²) < 4.78 is 7.65. The van der Waals surface area contributed by atoms with Gasteiger partial charge in [-0.05, 0) is 0 Å². The number of rotatable bonds is 2. The van der Waals surface area contributed by atoms with Crippen LogP contribution in [0.5, 0.6) is 0 Å². The maximum Gasteiger partial charge on any atom is 0.345 e. The number of aromatic nitrogens is 3. The minimum Gasteiger partial charge on any atom is -0.378 e. The van der Waals surface area contributed by atoms with Crippen LogP contribution >= 0.6 is 0 Å². The first-order valence-corrected chi connectivity index (χ1v) is 5.12. The molecule has 1 fully saturated rings. The molecule has 2 rings (SSSR count). The molecule has 0 saturated carbocycles. The molecule has 7 heteroatoms. The van der Waals surface area contributed by atoms with Gasteiger partial charge in [0.1, 0.15) is 12.9 Å². The molecular formula is C9H14N4O3. The summed E-state index contributed by atoms with van der Waals surface area (Å²) in [7, 11) is 1.55. The Balaban J connectivity index is 2.01. The molecule has 1 aliphatic rings. The summed E-state index contributed by atoms with van der Waals surface area (Å²) in [5, 5.41) is 3.79. The van der Waals surface area contributed by atoms with Crippen LogP contribution in [0.4, 0.5) is 0 Å². The summed E-state index contributed by atoms with van der Waals surface area (Å²) >= 11 is 0. The summed E-state index contributed by atoms with van der Waals surface area (Å²) in [6.45, 7) is 2.36. The Morgan fingerprint density at radius 2 is 2.19 bits per heavy atom. The van der Waals surface area contributed by atoms with Crippen molar-refractivity contribution in [3.63, 3.8) is 0 Å². The lowest BCUT2D eigenvalue weighted by atomic mass is 10.4. The first-order valence-electron chi connectivity index (χ1n) is 5.12. The van der Waals surface area contributed by atoms with Crippen LogP contribution in [0.2, 0.25) is 0 Å². The molecule has 1 saturated heterocycles. The van der Waals surface area contributed by atoms with Crippen LogP contribution in [0.1, 0.15) is 0 Å². The number of morpholine rings is 1. The van der Waals surface area contributed by atoms with Gasteiger partial charge in [-0.3, -0.25) is 9.36 Å². The Kier molecular flexibility index (Phi) is 3.04. The molecule has 1 amide bonds. The van der Waals surface area contributed by atoms with Crippen molar-refractivity contribution in [1.82, 2.24) is 19.2 Å². The van der Waals surface area contributed by atoms with Crippen molar-refractivity contribution in [2.24, 2.45) is 7.05 Å². The largest absolute Gasteiger partial charge is 0.378 e. The Labute approximate surface area is 92.2 Å². The van der Waals surface area contributed by atoms with Crippen LogP contribution < -0.4 is 5.69 Å². The van der Waals surface area contributed by atoms with Gasteiger partial charge in [0, 0.05) is 20.1 Å². The summed E-state index contributed by atoms with van der Waals surface area (Å²) in [6.07, 6.45) is 1.38. The lowest BCUT2D eigenvalue weighted by molar-refractivity contribution is -0.135. The third-order valence-electron chi connectivity index (χ3n) is 2.56. The second-order valence-electron chi connectivity index (χ2n) is 3.66. The van der Waals surface area contributed by atoms with Gasteiger partial charge in [-0.25, -0.2) is 9.48 Å². The van der Waals surface area contributed by atoms with Gasteiger partial charge < -0.3 is 9.64 Å². The maximum absolute atomic E-state index is 11.8. The van der Waals surface area contributed by atoms with E-state index in [4.69, 9.17) is 4.74 Å². The minimum absolute atomic E-state index is 0.0483. The van der Waals surface area contributed by atoms with Crippen molar-refractivity contribution in [3.05, 3.63) is 16.8 Å². The SMILES string of the molecule is Cn1ncn(CC(=O)N2CCOCC2)c1=O. The smallest absolute Gasteiger partial charge is 0.345 e. The average molecular weight is 226 g/mol. The predicted octanol–water partition coefficient (Wildman–Crippen LogP) is -1.56. The third-order valence-corrected chi connectivity index (χ3v) is 2.56. The number of hydrogen-bond acceptors (Lipinski definition) is 4. The molecule has 0 spiro atoms. The Morgan fingerprint density at radius 1 is 1.50 bits per heavy atom. The van der Waals surface area contributed by atoms with E-state index in [1.165, 1.54) is 15.6 Å². The van der Waals surface area contributed by atoms with E-state index in [2.05, 4.69) is 5.10 Å². The number of aryl methyl sites for hydroxylation is 1. The van der Waals surface area contributed by atoms with E-state index in [-0.39, 0.29) is 18.1 Å². The zero-order valence-electron chi connectivity index (χ0n) is 9.13. The van der Waals surface area contributed by atoms with E-state index in [0.717, 1.165) is 0 Å². The molecule has 88 valence electrons. The van der Waals surface area contributed by atoms with Crippen molar-refractivity contribution in [1.29, 1.82) is 0 Å². The fourth-order valence-electron chi connectivity index (χ4n) is 1.59. The topological polar surface area (TPSA) is 69.4 Å². The van der Waals surface area contributed by atoms with Crippen molar-refractivity contribution < 1.29 is 9.53 Å². The molecule has 0 aromatic carbocycles. The third kappa shape index (κ3) is 2.13. The van der Waals surface area contributed by atoms with Crippen LogP contribution in [0.25, 0.3) is 0 Å². The van der Waals surface area contributed by atoms with Gasteiger partial charge in [-0.2, -0.15) is 5.10 Å². The summed E-state index contributed by atoms with van der Waals surface area (Å²) in [5.41, 5.74) is -0.276. The molecule has 1 aliphatic heterocycles. The van der Waals surface area contributed by atoms with Gasteiger partial charge in [-0.1, -0.05) is 0 Å². The molecule has 0 unspecified atom stereocenters. The van der Waals surface area contributed by atoms with Gasteiger partial charge in [0.25, 0.3) is 0 Å². The number of carbonyl (C=O) groups is 1. The van der Waals surface area contributed by atoms with Gasteiger partial charge in [0.05, 0.1) is 13.2 Å². The van der Waals surface area contributed by atoms with E-state index in [1.807, 2.05) is 0 Å². The Morgan fingerprint density at radius 3 is 2.75 bits per heavy atom. The summed E-state index contributed by atoms with van der Waals surface area (Å²) in [4.78, 5) is 25.0. The number of carbonyl (C=O) groups excluding carboxylic acids is 1. The van der Waals surface area contributed by atoms with E-state index < -0.39 is 0 Å². The summed E-state index contributed by atoms with van der Waals surface area (Å²) in [5.74, 6) is -0.0709. The minimum atomic E-state index is -0.276. The fraction of sp³-hybridized carbons (Fsp3) is 0.667. The van der Waals surface area contributed by atoms with Crippen LogP contribution in [0, 0.1) is 0 Å². The quantitative estimate of drug-likeness (QED) is 0.611. The molecule has 0 N–H and O–H groups in total. The maximum atomic E-state index is 11.8. The second-order valence-corrected chi connectivity index (χ2v) is 3.66. The molecule has 2 heterocycles. The lowest BCUT2D eigenvalue weighted by Crippen LogP contribution is -2.43. The van der Waals surface area contributed by atoms with E-state index in [1.54, 1.807) is 11.9 Å². The lowest BCUT2D eigenvalue weighted by Gasteiger charge is -2.26. The summed E-state index contributed by atoms with van der Waals surface area (Å²) in [6, 6.07) is 0. The van der Waals surface area contributed by atoms with E-state index in [9.17, 15) is 9.59 Å². The Hall–Kier alpha value is -1.63. The van der Waals surface area contributed by atoms with Crippen LogP contribution in [0.15, 0.2) is 11.1 Å². The predicted molar refractivity (Wildman–Crippen MR) is 54.9 cm³/mol. The highest BCUT2D eigenvalue weighted by Gasteiger charge is 2.17. The average Bonchev–Trinajstić information content (AvgIpc) is 2.62. The monoisotopic (exact) mass is 226 g/mol. The zero-order chi connectivity index (χ0) is 11.5. The number of ether oxygens (including phenoxy) is 1. The van der Waals surface area contributed by atoms with Crippen molar-refractivity contribution >= 4 is 5.91 Å². The van der Waals surface area contributed by atoms with Crippen LogP contribution in [-0.4, -0.2) is 51.5 Å². The molecular weight excluding hydrogens is 212 g/mol. The molecule has 0 aliphatic carbocycles. The first-order chi connectivity index (χ1) is 7.68. The molecule has 0 radical (unpaired) electrons. The Bertz CT molecular complexity index is 430. The number of amides is 1. The number of nitrogens with zero attached hydrogens (tertiary/aromatic N) is 4. The molecule has 1 aromatic rings. The van der Waals surface area contributed by atoms with Gasteiger partial charge >= 0.3 is 5.69 Å². The highest BCUT2D eigenvalue weighted by Crippen LogP contribution is 1.98. The molecule has 0 atom stereocenters. The van der Waals surface area contributed by atoms with Gasteiger partial charge in [0.2, 0.25) is 5.91 Å².